The molecule has 0 radical (unpaired) electrons. The SMILES string of the molecule is CCCC(CN=C(N(C)C)N(C)C)NC(=O)OC(C)(C)C. The highest BCUT2D eigenvalue weighted by Crippen LogP contribution is 2.08. The average Bonchev–Trinajstić information content (AvgIpc) is 2.25. The summed E-state index contributed by atoms with van der Waals surface area (Å²) in [4.78, 5) is 20.4. The van der Waals surface area contributed by atoms with Gasteiger partial charge in [0.25, 0.3) is 0 Å². The fraction of sp³-hybridized carbons (Fsp3) is 0.867. The summed E-state index contributed by atoms with van der Waals surface area (Å²) in [5.74, 6) is 0.877. The van der Waals surface area contributed by atoms with Crippen molar-refractivity contribution in [2.45, 2.75) is 52.2 Å². The Labute approximate surface area is 129 Å². The van der Waals surface area contributed by atoms with Crippen LogP contribution in [0.2, 0.25) is 0 Å². The Kier molecular flexibility index (Phi) is 8.14. The van der Waals surface area contributed by atoms with Crippen LogP contribution in [0.15, 0.2) is 4.99 Å². The molecule has 124 valence electrons. The minimum Gasteiger partial charge on any atom is -0.444 e. The molecule has 0 rings (SSSR count). The molecule has 1 unspecified atom stereocenters. The van der Waals surface area contributed by atoms with E-state index in [0.717, 1.165) is 18.8 Å². The first-order chi connectivity index (χ1) is 9.56. The Morgan fingerprint density at radius 3 is 2.10 bits per heavy atom. The third-order valence-corrected chi connectivity index (χ3v) is 2.61. The van der Waals surface area contributed by atoms with Crippen molar-refractivity contribution in [3.63, 3.8) is 0 Å². The Hall–Kier alpha value is -1.46. The van der Waals surface area contributed by atoms with Crippen molar-refractivity contribution in [3.05, 3.63) is 0 Å². The van der Waals surface area contributed by atoms with Crippen LogP contribution in [0.25, 0.3) is 0 Å². The Morgan fingerprint density at radius 1 is 1.19 bits per heavy atom. The molecule has 0 spiro atoms. The van der Waals surface area contributed by atoms with Gasteiger partial charge >= 0.3 is 6.09 Å². The number of carbonyl (C=O) groups excluding carboxylic acids is 1. The summed E-state index contributed by atoms with van der Waals surface area (Å²) in [5, 5.41) is 2.90. The van der Waals surface area contributed by atoms with Gasteiger partial charge in [-0.15, -0.1) is 0 Å². The van der Waals surface area contributed by atoms with Gasteiger partial charge < -0.3 is 19.9 Å². The molecule has 0 heterocycles. The van der Waals surface area contributed by atoms with Crippen LogP contribution in [0, 0.1) is 0 Å². The number of aliphatic imine (C=N–C) groups is 1. The van der Waals surface area contributed by atoms with Crippen LogP contribution in [0.3, 0.4) is 0 Å². The molecular weight excluding hydrogens is 268 g/mol. The largest absolute Gasteiger partial charge is 0.444 e. The van der Waals surface area contributed by atoms with Gasteiger partial charge in [-0.1, -0.05) is 13.3 Å². The number of amides is 1. The van der Waals surface area contributed by atoms with Crippen LogP contribution in [0.5, 0.6) is 0 Å². The molecule has 0 aliphatic carbocycles. The van der Waals surface area contributed by atoms with E-state index in [-0.39, 0.29) is 12.1 Å². The second-order valence-electron chi connectivity index (χ2n) is 6.56. The van der Waals surface area contributed by atoms with Crippen LogP contribution in [-0.4, -0.2) is 68.2 Å². The quantitative estimate of drug-likeness (QED) is 0.624. The summed E-state index contributed by atoms with van der Waals surface area (Å²) in [6.45, 7) is 8.20. The van der Waals surface area contributed by atoms with Crippen LogP contribution in [0.4, 0.5) is 4.79 Å². The maximum absolute atomic E-state index is 11.9. The fourth-order valence-electron chi connectivity index (χ4n) is 1.91. The molecule has 6 heteroatoms. The average molecular weight is 300 g/mol. The van der Waals surface area contributed by atoms with Gasteiger partial charge in [0, 0.05) is 28.2 Å². The summed E-state index contributed by atoms with van der Waals surface area (Å²) in [6.07, 6.45) is 1.47. The highest BCUT2D eigenvalue weighted by Gasteiger charge is 2.19. The number of carbonyl (C=O) groups is 1. The van der Waals surface area contributed by atoms with Crippen LogP contribution >= 0.6 is 0 Å². The maximum atomic E-state index is 11.9. The summed E-state index contributed by atoms with van der Waals surface area (Å²) in [7, 11) is 7.81. The van der Waals surface area contributed by atoms with Gasteiger partial charge in [-0.05, 0) is 27.2 Å². The molecule has 0 saturated carbocycles. The molecule has 0 aromatic carbocycles. The number of alkyl carbamates (subject to hydrolysis) is 1. The van der Waals surface area contributed by atoms with Crippen molar-refractivity contribution >= 4 is 12.1 Å². The third-order valence-electron chi connectivity index (χ3n) is 2.61. The second kappa shape index (κ2) is 8.74. The molecule has 1 atom stereocenters. The maximum Gasteiger partial charge on any atom is 0.407 e. The van der Waals surface area contributed by atoms with Crippen LogP contribution in [0.1, 0.15) is 40.5 Å². The zero-order valence-corrected chi connectivity index (χ0v) is 14.9. The fourth-order valence-corrected chi connectivity index (χ4v) is 1.91. The first-order valence-electron chi connectivity index (χ1n) is 7.45. The highest BCUT2D eigenvalue weighted by atomic mass is 16.6. The molecule has 0 aromatic rings. The third kappa shape index (κ3) is 9.15. The van der Waals surface area contributed by atoms with Gasteiger partial charge in [-0.2, -0.15) is 0 Å². The van der Waals surface area contributed by atoms with Gasteiger partial charge in [-0.25, -0.2) is 4.79 Å². The van der Waals surface area contributed by atoms with Gasteiger partial charge in [0.15, 0.2) is 5.96 Å². The van der Waals surface area contributed by atoms with Gasteiger partial charge in [0.1, 0.15) is 5.60 Å². The number of nitrogens with zero attached hydrogens (tertiary/aromatic N) is 3. The van der Waals surface area contributed by atoms with E-state index in [4.69, 9.17) is 4.74 Å². The minimum atomic E-state index is -0.484. The van der Waals surface area contributed by atoms with Crippen LogP contribution < -0.4 is 5.32 Å². The topological polar surface area (TPSA) is 57.2 Å². The molecule has 0 saturated heterocycles. The monoisotopic (exact) mass is 300 g/mol. The standard InChI is InChI=1S/C15H32N4O2/c1-9-10-12(17-14(20)21-15(2,3)4)11-16-13(18(5)6)19(7)8/h12H,9-11H2,1-8H3,(H,17,20). The summed E-state index contributed by atoms with van der Waals surface area (Å²) in [5.41, 5.74) is -0.484. The number of hydrogen-bond donors (Lipinski definition) is 1. The molecule has 21 heavy (non-hydrogen) atoms. The number of ether oxygens (including phenoxy) is 1. The summed E-state index contributed by atoms with van der Waals surface area (Å²) >= 11 is 0. The molecule has 1 amide bonds. The lowest BCUT2D eigenvalue weighted by atomic mass is 10.1. The predicted molar refractivity (Wildman–Crippen MR) is 87.7 cm³/mol. The van der Waals surface area contributed by atoms with Crippen molar-refractivity contribution in [1.29, 1.82) is 0 Å². The van der Waals surface area contributed by atoms with E-state index in [1.807, 2.05) is 58.8 Å². The summed E-state index contributed by atoms with van der Waals surface area (Å²) < 4.78 is 5.30. The van der Waals surface area contributed by atoms with Crippen molar-refractivity contribution in [2.24, 2.45) is 4.99 Å². The van der Waals surface area contributed by atoms with Gasteiger partial charge in [0.05, 0.1) is 12.6 Å². The van der Waals surface area contributed by atoms with Crippen molar-refractivity contribution < 1.29 is 9.53 Å². The van der Waals surface area contributed by atoms with E-state index < -0.39 is 5.60 Å². The number of rotatable bonds is 5. The Bertz CT molecular complexity index is 336. The normalized spacial score (nSPS) is 12.4. The predicted octanol–water partition coefficient (Wildman–Crippen LogP) is 2.16. The lowest BCUT2D eigenvalue weighted by molar-refractivity contribution is 0.0503. The van der Waals surface area contributed by atoms with Crippen LogP contribution in [-0.2, 0) is 4.74 Å². The zero-order chi connectivity index (χ0) is 16.6. The first-order valence-corrected chi connectivity index (χ1v) is 7.45. The molecule has 0 aliphatic heterocycles. The van der Waals surface area contributed by atoms with E-state index in [9.17, 15) is 4.79 Å². The van der Waals surface area contributed by atoms with Crippen molar-refractivity contribution in [1.82, 2.24) is 15.1 Å². The minimum absolute atomic E-state index is 0.0141. The zero-order valence-electron chi connectivity index (χ0n) is 14.9. The van der Waals surface area contributed by atoms with Gasteiger partial charge in [-0.3, -0.25) is 4.99 Å². The lowest BCUT2D eigenvalue weighted by Crippen LogP contribution is -2.42. The lowest BCUT2D eigenvalue weighted by Gasteiger charge is -2.25. The van der Waals surface area contributed by atoms with Crippen molar-refractivity contribution in [3.8, 4) is 0 Å². The van der Waals surface area contributed by atoms with E-state index in [1.54, 1.807) is 0 Å². The van der Waals surface area contributed by atoms with Gasteiger partial charge in [0.2, 0.25) is 0 Å². The Morgan fingerprint density at radius 2 is 1.71 bits per heavy atom. The molecule has 0 bridgehead atoms. The molecule has 0 aliphatic rings. The van der Waals surface area contributed by atoms with E-state index in [0.29, 0.717) is 6.54 Å². The van der Waals surface area contributed by atoms with E-state index >= 15 is 0 Å². The number of hydrogen-bond acceptors (Lipinski definition) is 3. The van der Waals surface area contributed by atoms with E-state index in [1.165, 1.54) is 0 Å². The smallest absolute Gasteiger partial charge is 0.407 e. The van der Waals surface area contributed by atoms with E-state index in [2.05, 4.69) is 17.2 Å². The van der Waals surface area contributed by atoms with Crippen molar-refractivity contribution in [2.75, 3.05) is 34.7 Å². The number of nitrogens with one attached hydrogen (secondary N) is 1. The number of guanidine groups is 1. The molecule has 1 N–H and O–H groups in total. The molecular formula is C15H32N4O2. The second-order valence-corrected chi connectivity index (χ2v) is 6.56. The molecule has 0 fully saturated rings. The molecule has 6 nitrogen and oxygen atoms in total. The molecule has 0 aromatic heterocycles. The highest BCUT2D eigenvalue weighted by molar-refractivity contribution is 5.79. The summed E-state index contributed by atoms with van der Waals surface area (Å²) in [6, 6.07) is -0.0141. The first kappa shape index (κ1) is 19.5. The Balaban J connectivity index is 4.69.